The predicted octanol–water partition coefficient (Wildman–Crippen LogP) is 4.30. The fourth-order valence-electron chi connectivity index (χ4n) is 2.96. The zero-order valence-corrected chi connectivity index (χ0v) is 14.1. The summed E-state index contributed by atoms with van der Waals surface area (Å²) in [4.78, 5) is 2.51. The average Bonchev–Trinajstić information content (AvgIpc) is 2.52. The zero-order valence-electron chi connectivity index (χ0n) is 12.5. The average molecular weight is 345 g/mol. The molecule has 0 bridgehead atoms. The van der Waals surface area contributed by atoms with Gasteiger partial charge in [-0.3, -0.25) is 0 Å². The molecule has 3 heteroatoms. The Kier molecular flexibility index (Phi) is 4.32. The van der Waals surface area contributed by atoms with Crippen molar-refractivity contribution in [1.29, 1.82) is 0 Å². The van der Waals surface area contributed by atoms with Crippen LogP contribution < -0.4 is 10.2 Å². The van der Waals surface area contributed by atoms with Crippen molar-refractivity contribution < 1.29 is 0 Å². The topological polar surface area (TPSA) is 15.3 Å². The van der Waals surface area contributed by atoms with Gasteiger partial charge in [0.1, 0.15) is 0 Å². The van der Waals surface area contributed by atoms with E-state index in [1.165, 1.54) is 21.3 Å². The lowest BCUT2D eigenvalue weighted by Crippen LogP contribution is -2.51. The first kappa shape index (κ1) is 14.6. The van der Waals surface area contributed by atoms with Crippen molar-refractivity contribution in [3.05, 3.63) is 64.1 Å². The fourth-order valence-corrected chi connectivity index (χ4v) is 3.45. The third-order valence-corrected chi connectivity index (χ3v) is 5.29. The maximum absolute atomic E-state index is 3.76. The summed E-state index contributed by atoms with van der Waals surface area (Å²) in [5, 5.41) is 3.66. The first-order chi connectivity index (χ1) is 10.2. The standard InChI is InChI=1S/C18H21BrN2/c1-13-7-6-10-17(18(13)19)21-12-16(20-11-14(21)2)15-8-4-3-5-9-15/h3-10,14,16,20H,11-12H2,1-2H3. The van der Waals surface area contributed by atoms with Crippen LogP contribution in [0.3, 0.4) is 0 Å². The summed E-state index contributed by atoms with van der Waals surface area (Å²) >= 11 is 3.76. The van der Waals surface area contributed by atoms with E-state index >= 15 is 0 Å². The van der Waals surface area contributed by atoms with Gasteiger partial charge >= 0.3 is 0 Å². The van der Waals surface area contributed by atoms with Crippen molar-refractivity contribution in [2.24, 2.45) is 0 Å². The quantitative estimate of drug-likeness (QED) is 0.873. The second-order valence-corrected chi connectivity index (χ2v) is 6.57. The SMILES string of the molecule is Cc1cccc(N2CC(c3ccccc3)NCC2C)c1Br. The summed E-state index contributed by atoms with van der Waals surface area (Å²) in [6, 6.07) is 18.1. The number of hydrogen-bond donors (Lipinski definition) is 1. The van der Waals surface area contributed by atoms with Crippen LogP contribution in [0.5, 0.6) is 0 Å². The lowest BCUT2D eigenvalue weighted by atomic mass is 10.0. The number of hydrogen-bond acceptors (Lipinski definition) is 2. The van der Waals surface area contributed by atoms with Crippen LogP contribution in [-0.2, 0) is 0 Å². The molecule has 2 atom stereocenters. The van der Waals surface area contributed by atoms with Crippen LogP contribution >= 0.6 is 15.9 Å². The molecule has 2 nitrogen and oxygen atoms in total. The monoisotopic (exact) mass is 344 g/mol. The normalized spacial score (nSPS) is 22.3. The van der Waals surface area contributed by atoms with Gasteiger partial charge in [0, 0.05) is 29.6 Å². The number of halogens is 1. The first-order valence-electron chi connectivity index (χ1n) is 7.47. The molecule has 2 aromatic carbocycles. The molecule has 2 unspecified atom stereocenters. The molecule has 0 spiro atoms. The zero-order chi connectivity index (χ0) is 14.8. The molecular formula is C18H21BrN2. The maximum Gasteiger partial charge on any atom is 0.0516 e. The molecule has 0 amide bonds. The Bertz CT molecular complexity index is 612. The van der Waals surface area contributed by atoms with E-state index < -0.39 is 0 Å². The molecule has 0 aliphatic carbocycles. The highest BCUT2D eigenvalue weighted by atomic mass is 79.9. The number of benzene rings is 2. The van der Waals surface area contributed by atoms with Gasteiger partial charge in [-0.15, -0.1) is 0 Å². The van der Waals surface area contributed by atoms with Gasteiger partial charge in [-0.25, -0.2) is 0 Å². The van der Waals surface area contributed by atoms with E-state index in [4.69, 9.17) is 0 Å². The van der Waals surface area contributed by atoms with Gasteiger partial charge in [-0.1, -0.05) is 42.5 Å². The summed E-state index contributed by atoms with van der Waals surface area (Å²) in [6.45, 7) is 6.42. The minimum atomic E-state index is 0.384. The molecule has 0 saturated carbocycles. The summed E-state index contributed by atoms with van der Waals surface area (Å²) in [7, 11) is 0. The second-order valence-electron chi connectivity index (χ2n) is 5.78. The van der Waals surface area contributed by atoms with Gasteiger partial charge in [-0.2, -0.15) is 0 Å². The Morgan fingerprint density at radius 3 is 2.62 bits per heavy atom. The highest BCUT2D eigenvalue weighted by Crippen LogP contribution is 2.33. The highest BCUT2D eigenvalue weighted by molar-refractivity contribution is 9.10. The van der Waals surface area contributed by atoms with Gasteiger partial charge in [0.2, 0.25) is 0 Å². The van der Waals surface area contributed by atoms with Crippen LogP contribution in [0, 0.1) is 6.92 Å². The molecule has 1 aliphatic rings. The molecule has 1 aliphatic heterocycles. The van der Waals surface area contributed by atoms with Crippen LogP contribution in [0.25, 0.3) is 0 Å². The molecule has 1 N–H and O–H groups in total. The predicted molar refractivity (Wildman–Crippen MR) is 92.9 cm³/mol. The van der Waals surface area contributed by atoms with Gasteiger partial charge in [0.15, 0.2) is 0 Å². The van der Waals surface area contributed by atoms with E-state index in [0.717, 1.165) is 13.1 Å². The van der Waals surface area contributed by atoms with Gasteiger partial charge in [0.25, 0.3) is 0 Å². The van der Waals surface area contributed by atoms with E-state index in [1.807, 2.05) is 0 Å². The lowest BCUT2D eigenvalue weighted by molar-refractivity contribution is 0.414. The molecule has 1 heterocycles. The van der Waals surface area contributed by atoms with Crippen molar-refractivity contribution in [3.63, 3.8) is 0 Å². The summed E-state index contributed by atoms with van der Waals surface area (Å²) in [5.74, 6) is 0. The number of piperazine rings is 1. The van der Waals surface area contributed by atoms with E-state index in [9.17, 15) is 0 Å². The summed E-state index contributed by atoms with van der Waals surface area (Å²) < 4.78 is 1.21. The van der Waals surface area contributed by atoms with Gasteiger partial charge in [0.05, 0.1) is 5.69 Å². The summed E-state index contributed by atoms with van der Waals surface area (Å²) in [6.07, 6.45) is 0. The maximum atomic E-state index is 3.76. The number of nitrogens with one attached hydrogen (secondary N) is 1. The molecule has 1 saturated heterocycles. The van der Waals surface area contributed by atoms with Crippen molar-refractivity contribution >= 4 is 21.6 Å². The highest BCUT2D eigenvalue weighted by Gasteiger charge is 2.27. The van der Waals surface area contributed by atoms with Gasteiger partial charge in [-0.05, 0) is 47.0 Å². The molecule has 1 fully saturated rings. The molecule has 21 heavy (non-hydrogen) atoms. The molecule has 3 rings (SSSR count). The molecule has 2 aromatic rings. The van der Waals surface area contributed by atoms with Crippen LogP contribution in [-0.4, -0.2) is 19.1 Å². The summed E-state index contributed by atoms with van der Waals surface area (Å²) in [5.41, 5.74) is 3.94. The Balaban J connectivity index is 1.89. The lowest BCUT2D eigenvalue weighted by Gasteiger charge is -2.41. The van der Waals surface area contributed by atoms with Crippen molar-refractivity contribution in [2.45, 2.75) is 25.9 Å². The van der Waals surface area contributed by atoms with Crippen LogP contribution in [0.2, 0.25) is 0 Å². The third-order valence-electron chi connectivity index (χ3n) is 4.25. The van der Waals surface area contributed by atoms with Crippen molar-refractivity contribution in [3.8, 4) is 0 Å². The Morgan fingerprint density at radius 2 is 1.86 bits per heavy atom. The Morgan fingerprint density at radius 1 is 1.10 bits per heavy atom. The largest absolute Gasteiger partial charge is 0.365 e. The molecule has 0 aromatic heterocycles. The molecule has 0 radical (unpaired) electrons. The van der Waals surface area contributed by atoms with E-state index in [0.29, 0.717) is 12.1 Å². The van der Waals surface area contributed by atoms with Crippen molar-refractivity contribution in [2.75, 3.05) is 18.0 Å². The van der Waals surface area contributed by atoms with Gasteiger partial charge < -0.3 is 10.2 Å². The Hall–Kier alpha value is -1.32. The number of aryl methyl sites for hydroxylation is 1. The minimum absolute atomic E-state index is 0.384. The van der Waals surface area contributed by atoms with E-state index in [2.05, 4.69) is 88.5 Å². The number of anilines is 1. The second kappa shape index (κ2) is 6.20. The van der Waals surface area contributed by atoms with Crippen LogP contribution in [0.4, 0.5) is 5.69 Å². The van der Waals surface area contributed by atoms with Crippen LogP contribution in [0.15, 0.2) is 53.0 Å². The fraction of sp³-hybridized carbons (Fsp3) is 0.333. The third kappa shape index (κ3) is 2.99. The first-order valence-corrected chi connectivity index (χ1v) is 8.26. The number of nitrogens with zero attached hydrogens (tertiary/aromatic N) is 1. The van der Waals surface area contributed by atoms with E-state index in [1.54, 1.807) is 0 Å². The van der Waals surface area contributed by atoms with Crippen LogP contribution in [0.1, 0.15) is 24.1 Å². The molecular weight excluding hydrogens is 324 g/mol. The smallest absolute Gasteiger partial charge is 0.0516 e. The minimum Gasteiger partial charge on any atom is -0.365 e. The number of rotatable bonds is 2. The van der Waals surface area contributed by atoms with Crippen molar-refractivity contribution in [1.82, 2.24) is 5.32 Å². The van der Waals surface area contributed by atoms with E-state index in [-0.39, 0.29) is 0 Å². The Labute approximate surface area is 135 Å². The molecule has 110 valence electrons.